The predicted octanol–water partition coefficient (Wildman–Crippen LogP) is -4.55. The number of aliphatic hydroxyl groups excluding tert-OH is 5. The van der Waals surface area contributed by atoms with Gasteiger partial charge in [0.2, 0.25) is 0 Å². The number of hydrogen-bond donors (Lipinski definition) is 7. The standard InChI is InChI=1S/C7H15N3O5/c8-7(9)10-1-2(11)4(13)6(15)5(14)3(1)12/h1-6,11-15H,(H4,8,9,10)/t1?,2-,3+,4?,5?,6?. The summed E-state index contributed by atoms with van der Waals surface area (Å²) < 4.78 is 0. The van der Waals surface area contributed by atoms with E-state index in [2.05, 4.69) is 4.99 Å². The lowest BCUT2D eigenvalue weighted by molar-refractivity contribution is -0.184. The van der Waals surface area contributed by atoms with E-state index in [0.29, 0.717) is 0 Å². The normalized spacial score (nSPS) is 46.2. The molecule has 0 heterocycles. The highest BCUT2D eigenvalue weighted by molar-refractivity contribution is 5.76. The molecule has 4 unspecified atom stereocenters. The summed E-state index contributed by atoms with van der Waals surface area (Å²) in [6.45, 7) is 0. The minimum atomic E-state index is -1.64. The Morgan fingerprint density at radius 1 is 0.733 bits per heavy atom. The number of aliphatic hydroxyl groups is 5. The molecule has 1 aliphatic carbocycles. The Balaban J connectivity index is 2.91. The van der Waals surface area contributed by atoms with Gasteiger partial charge in [0.05, 0.1) is 0 Å². The molecule has 8 nitrogen and oxygen atoms in total. The van der Waals surface area contributed by atoms with Gasteiger partial charge in [-0.2, -0.15) is 0 Å². The molecule has 1 saturated carbocycles. The Bertz CT molecular complexity index is 241. The summed E-state index contributed by atoms with van der Waals surface area (Å²) in [7, 11) is 0. The van der Waals surface area contributed by atoms with Crippen molar-refractivity contribution in [3.63, 3.8) is 0 Å². The molecule has 15 heavy (non-hydrogen) atoms. The highest BCUT2D eigenvalue weighted by atomic mass is 16.4. The summed E-state index contributed by atoms with van der Waals surface area (Å²) >= 11 is 0. The van der Waals surface area contributed by atoms with Crippen LogP contribution in [0.15, 0.2) is 4.99 Å². The third kappa shape index (κ3) is 2.19. The van der Waals surface area contributed by atoms with E-state index in [4.69, 9.17) is 11.5 Å². The molecule has 0 amide bonds. The van der Waals surface area contributed by atoms with Gasteiger partial charge in [-0.15, -0.1) is 0 Å². The van der Waals surface area contributed by atoms with Gasteiger partial charge in [-0.3, -0.25) is 0 Å². The first kappa shape index (κ1) is 12.1. The lowest BCUT2D eigenvalue weighted by Gasteiger charge is -2.39. The average Bonchev–Trinajstić information content (AvgIpc) is 2.18. The molecule has 0 bridgehead atoms. The van der Waals surface area contributed by atoms with Crippen LogP contribution in [0, 0.1) is 0 Å². The Kier molecular flexibility index (Phi) is 3.47. The second-order valence-electron chi connectivity index (χ2n) is 3.50. The second kappa shape index (κ2) is 4.29. The fraction of sp³-hybridized carbons (Fsp3) is 0.857. The maximum absolute atomic E-state index is 9.45. The van der Waals surface area contributed by atoms with Crippen LogP contribution >= 0.6 is 0 Å². The monoisotopic (exact) mass is 221 g/mol. The first-order valence-electron chi connectivity index (χ1n) is 4.35. The van der Waals surface area contributed by atoms with Crippen LogP contribution in [0.4, 0.5) is 0 Å². The topological polar surface area (TPSA) is 166 Å². The van der Waals surface area contributed by atoms with E-state index in [1.807, 2.05) is 0 Å². The van der Waals surface area contributed by atoms with Gasteiger partial charge in [0.25, 0.3) is 0 Å². The Hall–Kier alpha value is -0.930. The quantitative estimate of drug-likeness (QED) is 0.173. The van der Waals surface area contributed by atoms with Gasteiger partial charge < -0.3 is 37.0 Å². The lowest BCUT2D eigenvalue weighted by Crippen LogP contribution is -2.63. The van der Waals surface area contributed by atoms with Crippen LogP contribution in [-0.4, -0.2) is 68.1 Å². The molecular weight excluding hydrogens is 206 g/mol. The summed E-state index contributed by atoms with van der Waals surface area (Å²) in [5, 5.41) is 46.7. The molecule has 0 aromatic heterocycles. The number of hydrogen-bond acceptors (Lipinski definition) is 6. The minimum absolute atomic E-state index is 0.395. The van der Waals surface area contributed by atoms with Crippen molar-refractivity contribution in [1.82, 2.24) is 0 Å². The van der Waals surface area contributed by atoms with E-state index in [0.717, 1.165) is 0 Å². The molecule has 1 fully saturated rings. The summed E-state index contributed by atoms with van der Waals surface area (Å²) in [4.78, 5) is 3.47. The molecule has 0 radical (unpaired) electrons. The molecule has 8 heteroatoms. The molecule has 9 N–H and O–H groups in total. The molecule has 0 aromatic carbocycles. The van der Waals surface area contributed by atoms with E-state index in [-0.39, 0.29) is 0 Å². The minimum Gasteiger partial charge on any atom is -0.388 e. The van der Waals surface area contributed by atoms with Crippen molar-refractivity contribution in [2.45, 2.75) is 36.6 Å². The number of guanidine groups is 1. The van der Waals surface area contributed by atoms with Crippen molar-refractivity contribution >= 4 is 5.96 Å². The van der Waals surface area contributed by atoms with E-state index < -0.39 is 42.5 Å². The molecule has 0 aromatic rings. The van der Waals surface area contributed by atoms with Crippen molar-refractivity contribution in [2.24, 2.45) is 16.5 Å². The SMILES string of the molecule is NC(N)=NC1[C@H](O)C(O)C(O)C(O)[C@@H]1O. The van der Waals surface area contributed by atoms with E-state index >= 15 is 0 Å². The van der Waals surface area contributed by atoms with Gasteiger partial charge in [0, 0.05) is 0 Å². The first-order chi connectivity index (χ1) is 6.86. The van der Waals surface area contributed by atoms with Crippen molar-refractivity contribution in [3.05, 3.63) is 0 Å². The summed E-state index contributed by atoms with van der Waals surface area (Å²) in [6, 6.07) is -1.26. The van der Waals surface area contributed by atoms with Crippen LogP contribution in [0.25, 0.3) is 0 Å². The zero-order valence-corrected chi connectivity index (χ0v) is 7.80. The van der Waals surface area contributed by atoms with Crippen LogP contribution < -0.4 is 11.5 Å². The summed E-state index contributed by atoms with van der Waals surface area (Å²) in [5.41, 5.74) is 10.1. The van der Waals surface area contributed by atoms with Crippen LogP contribution in [-0.2, 0) is 0 Å². The van der Waals surface area contributed by atoms with Crippen LogP contribution in [0.3, 0.4) is 0 Å². The number of nitrogens with zero attached hydrogens (tertiary/aromatic N) is 1. The molecule has 88 valence electrons. The van der Waals surface area contributed by atoms with Gasteiger partial charge in [-0.1, -0.05) is 0 Å². The third-order valence-corrected chi connectivity index (χ3v) is 2.40. The van der Waals surface area contributed by atoms with Gasteiger partial charge in [0.1, 0.15) is 36.6 Å². The highest BCUT2D eigenvalue weighted by Gasteiger charge is 2.48. The Labute approximate surface area is 85.5 Å². The largest absolute Gasteiger partial charge is 0.388 e. The predicted molar refractivity (Wildman–Crippen MR) is 49.6 cm³/mol. The number of aliphatic imine (C=N–C) groups is 1. The maximum atomic E-state index is 9.45. The average molecular weight is 221 g/mol. The van der Waals surface area contributed by atoms with E-state index in [9.17, 15) is 25.5 Å². The van der Waals surface area contributed by atoms with Crippen LogP contribution in [0.2, 0.25) is 0 Å². The zero-order chi connectivity index (χ0) is 11.7. The molecular formula is C7H15N3O5. The van der Waals surface area contributed by atoms with Gasteiger partial charge in [0.15, 0.2) is 5.96 Å². The van der Waals surface area contributed by atoms with Gasteiger partial charge in [-0.05, 0) is 0 Å². The molecule has 0 spiro atoms. The van der Waals surface area contributed by atoms with Gasteiger partial charge in [-0.25, -0.2) is 4.99 Å². The molecule has 0 saturated heterocycles. The highest BCUT2D eigenvalue weighted by Crippen LogP contribution is 2.23. The molecule has 6 atom stereocenters. The van der Waals surface area contributed by atoms with E-state index in [1.165, 1.54) is 0 Å². The van der Waals surface area contributed by atoms with Crippen molar-refractivity contribution in [2.75, 3.05) is 0 Å². The maximum Gasteiger partial charge on any atom is 0.186 e. The number of nitrogens with two attached hydrogens (primary N) is 2. The molecule has 1 aliphatic rings. The summed E-state index contributed by atoms with van der Waals surface area (Å²) in [6.07, 6.45) is -7.95. The van der Waals surface area contributed by atoms with Crippen LogP contribution in [0.5, 0.6) is 0 Å². The lowest BCUT2D eigenvalue weighted by atomic mass is 9.83. The molecule has 1 rings (SSSR count). The number of rotatable bonds is 1. The van der Waals surface area contributed by atoms with Gasteiger partial charge >= 0.3 is 0 Å². The first-order valence-corrected chi connectivity index (χ1v) is 4.35. The third-order valence-electron chi connectivity index (χ3n) is 2.40. The fourth-order valence-electron chi connectivity index (χ4n) is 1.54. The van der Waals surface area contributed by atoms with E-state index in [1.54, 1.807) is 0 Å². The Morgan fingerprint density at radius 2 is 1.07 bits per heavy atom. The van der Waals surface area contributed by atoms with Crippen molar-refractivity contribution < 1.29 is 25.5 Å². The fourth-order valence-corrected chi connectivity index (χ4v) is 1.54. The van der Waals surface area contributed by atoms with Crippen molar-refractivity contribution in [1.29, 1.82) is 0 Å². The van der Waals surface area contributed by atoms with Crippen LogP contribution in [0.1, 0.15) is 0 Å². The Morgan fingerprint density at radius 3 is 1.40 bits per heavy atom. The smallest absolute Gasteiger partial charge is 0.186 e. The second-order valence-corrected chi connectivity index (χ2v) is 3.50. The zero-order valence-electron chi connectivity index (χ0n) is 7.80. The summed E-state index contributed by atoms with van der Waals surface area (Å²) in [5.74, 6) is -0.395. The molecule has 0 aliphatic heterocycles. The van der Waals surface area contributed by atoms with Crippen molar-refractivity contribution in [3.8, 4) is 0 Å².